The summed E-state index contributed by atoms with van der Waals surface area (Å²) in [5.74, 6) is -0.996. The number of nitrogens with one attached hydrogen (secondary N) is 1. The second-order valence-electron chi connectivity index (χ2n) is 7.73. The van der Waals surface area contributed by atoms with Crippen molar-refractivity contribution >= 4 is 34.0 Å². The fourth-order valence-electron chi connectivity index (χ4n) is 3.79. The zero-order valence-corrected chi connectivity index (χ0v) is 18.5. The van der Waals surface area contributed by atoms with Gasteiger partial charge in [0, 0.05) is 52.1 Å². The van der Waals surface area contributed by atoms with Crippen molar-refractivity contribution in [3.8, 4) is 0 Å². The van der Waals surface area contributed by atoms with Gasteiger partial charge in [0.15, 0.2) is 0 Å². The van der Waals surface area contributed by atoms with E-state index in [-0.39, 0.29) is 23.8 Å². The van der Waals surface area contributed by atoms with E-state index in [1.54, 1.807) is 35.0 Å². The Kier molecular flexibility index (Phi) is 5.87. The van der Waals surface area contributed by atoms with Gasteiger partial charge >= 0.3 is 6.18 Å². The molecular formula is C23H20F3N3O3S. The molecule has 1 N–H and O–H groups in total. The van der Waals surface area contributed by atoms with E-state index in [1.165, 1.54) is 29.4 Å². The molecule has 172 valence electrons. The lowest BCUT2D eigenvalue weighted by Crippen LogP contribution is -2.43. The lowest BCUT2D eigenvalue weighted by molar-refractivity contribution is -0.137. The van der Waals surface area contributed by atoms with Crippen LogP contribution in [0.5, 0.6) is 0 Å². The van der Waals surface area contributed by atoms with Crippen molar-refractivity contribution in [1.29, 1.82) is 0 Å². The summed E-state index contributed by atoms with van der Waals surface area (Å²) in [7, 11) is -1.22. The van der Waals surface area contributed by atoms with Crippen molar-refractivity contribution in [2.24, 2.45) is 0 Å². The van der Waals surface area contributed by atoms with E-state index in [1.807, 2.05) is 6.92 Å². The second-order valence-corrected chi connectivity index (χ2v) is 9.11. The van der Waals surface area contributed by atoms with Gasteiger partial charge in [-0.1, -0.05) is 6.07 Å². The number of carbonyl (C=O) groups is 2. The van der Waals surface area contributed by atoms with E-state index in [0.29, 0.717) is 16.3 Å². The third-order valence-corrected chi connectivity index (χ3v) is 6.38. The molecule has 2 amide bonds. The number of fused-ring (bicyclic) bond motifs is 1. The summed E-state index contributed by atoms with van der Waals surface area (Å²) in [6, 6.07) is 12.3. The predicted molar refractivity (Wildman–Crippen MR) is 119 cm³/mol. The Morgan fingerprint density at radius 1 is 1.12 bits per heavy atom. The van der Waals surface area contributed by atoms with Crippen LogP contribution >= 0.6 is 0 Å². The van der Waals surface area contributed by atoms with Crippen LogP contribution < -0.4 is 10.2 Å². The smallest absolute Gasteiger partial charge is 0.338 e. The fraction of sp³-hybridized carbons (Fsp3) is 0.217. The monoisotopic (exact) mass is 475 g/mol. The SMILES string of the molecule is C[C@H]1CN(c2ccc(C(F)(F)F)cc2)C(=O)c2c(C(=O)Nc3cccc(S(C)=O)c3)ccn21. The van der Waals surface area contributed by atoms with Crippen molar-refractivity contribution in [2.75, 3.05) is 23.0 Å². The van der Waals surface area contributed by atoms with E-state index in [0.717, 1.165) is 12.1 Å². The number of nitrogens with zero attached hydrogens (tertiary/aromatic N) is 2. The van der Waals surface area contributed by atoms with Crippen LogP contribution in [-0.2, 0) is 17.0 Å². The van der Waals surface area contributed by atoms with Crippen LogP contribution in [-0.4, -0.2) is 33.4 Å². The third kappa shape index (κ3) is 4.43. The Balaban J connectivity index is 1.63. The lowest BCUT2D eigenvalue weighted by atomic mass is 10.1. The molecule has 4 rings (SSSR count). The van der Waals surface area contributed by atoms with Crippen molar-refractivity contribution in [2.45, 2.75) is 24.0 Å². The number of anilines is 2. The largest absolute Gasteiger partial charge is 0.416 e. The first-order valence-corrected chi connectivity index (χ1v) is 11.6. The number of alkyl halides is 3. The molecule has 10 heteroatoms. The molecule has 3 aromatic rings. The highest BCUT2D eigenvalue weighted by Crippen LogP contribution is 2.33. The zero-order valence-electron chi connectivity index (χ0n) is 17.7. The summed E-state index contributed by atoms with van der Waals surface area (Å²) in [4.78, 5) is 28.2. The number of rotatable bonds is 4. The highest BCUT2D eigenvalue weighted by Gasteiger charge is 2.35. The molecule has 1 aliphatic rings. The van der Waals surface area contributed by atoms with E-state index in [4.69, 9.17) is 0 Å². The summed E-state index contributed by atoms with van der Waals surface area (Å²) in [5.41, 5.74) is 0.246. The number of hydrogen-bond donors (Lipinski definition) is 1. The van der Waals surface area contributed by atoms with Gasteiger partial charge in [-0.3, -0.25) is 13.8 Å². The number of amides is 2. The molecule has 0 saturated carbocycles. The Labute approximate surface area is 190 Å². The highest BCUT2D eigenvalue weighted by molar-refractivity contribution is 7.84. The molecule has 0 fully saturated rings. The van der Waals surface area contributed by atoms with Crippen molar-refractivity contribution in [3.05, 3.63) is 77.6 Å². The molecule has 0 aliphatic carbocycles. The minimum Gasteiger partial charge on any atom is -0.338 e. The Morgan fingerprint density at radius 3 is 2.45 bits per heavy atom. The molecule has 33 heavy (non-hydrogen) atoms. The van der Waals surface area contributed by atoms with Gasteiger partial charge in [-0.15, -0.1) is 0 Å². The van der Waals surface area contributed by atoms with Crippen LogP contribution in [0.3, 0.4) is 0 Å². The molecule has 0 bridgehead atoms. The predicted octanol–water partition coefficient (Wildman–Crippen LogP) is 4.72. The number of aromatic nitrogens is 1. The van der Waals surface area contributed by atoms with Gasteiger partial charge in [-0.05, 0) is 55.5 Å². The van der Waals surface area contributed by atoms with Crippen molar-refractivity contribution < 1.29 is 27.0 Å². The molecule has 2 heterocycles. The fourth-order valence-corrected chi connectivity index (χ4v) is 4.35. The molecule has 1 unspecified atom stereocenters. The first kappa shape index (κ1) is 22.8. The molecular weight excluding hydrogens is 455 g/mol. The van der Waals surface area contributed by atoms with Crippen LogP contribution in [0.15, 0.2) is 65.7 Å². The Morgan fingerprint density at radius 2 is 1.82 bits per heavy atom. The Bertz CT molecular complexity index is 1250. The summed E-state index contributed by atoms with van der Waals surface area (Å²) in [5, 5.41) is 2.72. The summed E-state index contributed by atoms with van der Waals surface area (Å²) < 4.78 is 52.1. The van der Waals surface area contributed by atoms with Gasteiger partial charge in [0.25, 0.3) is 11.8 Å². The normalized spacial score (nSPS) is 16.9. The standard InChI is InChI=1S/C23H20F3N3O3S/c1-14-13-29(17-8-6-15(7-9-17)23(24,25)26)22(31)20-19(10-11-28(14)20)21(30)27-16-4-3-5-18(12-16)33(2)32/h3-12,14H,13H2,1-2H3,(H,27,30)/t14-,33?/m0/s1. The third-order valence-electron chi connectivity index (χ3n) is 5.46. The van der Waals surface area contributed by atoms with Crippen molar-refractivity contribution in [1.82, 2.24) is 4.57 Å². The maximum Gasteiger partial charge on any atom is 0.416 e. The average molecular weight is 475 g/mol. The number of benzene rings is 2. The maximum absolute atomic E-state index is 13.3. The topological polar surface area (TPSA) is 71.4 Å². The van der Waals surface area contributed by atoms with Gasteiger partial charge < -0.3 is 14.8 Å². The summed E-state index contributed by atoms with van der Waals surface area (Å²) >= 11 is 0. The van der Waals surface area contributed by atoms with Crippen LogP contribution in [0.2, 0.25) is 0 Å². The van der Waals surface area contributed by atoms with Gasteiger partial charge in [0.2, 0.25) is 0 Å². The lowest BCUT2D eigenvalue weighted by Gasteiger charge is -2.33. The molecule has 0 saturated heterocycles. The molecule has 1 aliphatic heterocycles. The maximum atomic E-state index is 13.3. The van der Waals surface area contributed by atoms with Gasteiger partial charge in [-0.25, -0.2) is 0 Å². The molecule has 0 spiro atoms. The minimum atomic E-state index is -4.47. The number of halogens is 3. The van der Waals surface area contributed by atoms with Crippen LogP contribution in [0, 0.1) is 0 Å². The van der Waals surface area contributed by atoms with Crippen LogP contribution in [0.25, 0.3) is 0 Å². The molecule has 0 radical (unpaired) electrons. The molecule has 1 aromatic heterocycles. The quantitative estimate of drug-likeness (QED) is 0.594. The summed E-state index contributed by atoms with van der Waals surface area (Å²) in [6.07, 6.45) is -1.30. The number of carbonyl (C=O) groups excluding carboxylic acids is 2. The molecule has 2 atom stereocenters. The van der Waals surface area contributed by atoms with E-state index in [9.17, 15) is 27.0 Å². The van der Waals surface area contributed by atoms with E-state index in [2.05, 4.69) is 5.32 Å². The van der Waals surface area contributed by atoms with Crippen LogP contribution in [0.1, 0.15) is 39.4 Å². The highest BCUT2D eigenvalue weighted by atomic mass is 32.2. The van der Waals surface area contributed by atoms with Crippen molar-refractivity contribution in [3.63, 3.8) is 0 Å². The first-order chi connectivity index (χ1) is 15.6. The minimum absolute atomic E-state index is 0.145. The first-order valence-electron chi connectivity index (χ1n) is 10.0. The van der Waals surface area contributed by atoms with E-state index < -0.39 is 34.4 Å². The zero-order chi connectivity index (χ0) is 23.9. The average Bonchev–Trinajstić information content (AvgIpc) is 3.22. The Hall–Kier alpha value is -3.40. The summed E-state index contributed by atoms with van der Waals surface area (Å²) in [6.45, 7) is 2.10. The number of hydrogen-bond acceptors (Lipinski definition) is 3. The van der Waals surface area contributed by atoms with Gasteiger partial charge in [0.05, 0.1) is 11.1 Å². The molecule has 2 aromatic carbocycles. The second kappa shape index (κ2) is 8.51. The van der Waals surface area contributed by atoms with E-state index >= 15 is 0 Å². The van der Waals surface area contributed by atoms with Crippen LogP contribution in [0.4, 0.5) is 24.5 Å². The molecule has 6 nitrogen and oxygen atoms in total. The van der Waals surface area contributed by atoms with Gasteiger partial charge in [-0.2, -0.15) is 13.2 Å². The van der Waals surface area contributed by atoms with Gasteiger partial charge in [0.1, 0.15) is 5.69 Å².